The number of hydrogen-bond acceptors (Lipinski definition) is 5. The molecule has 2 rings (SSSR count). The van der Waals surface area contributed by atoms with Gasteiger partial charge in [-0.2, -0.15) is 11.8 Å². The van der Waals surface area contributed by atoms with Gasteiger partial charge >= 0.3 is 0 Å². The van der Waals surface area contributed by atoms with Crippen LogP contribution in [0.2, 0.25) is 10.0 Å². The van der Waals surface area contributed by atoms with E-state index in [1.54, 1.807) is 29.6 Å². The van der Waals surface area contributed by atoms with Crippen molar-refractivity contribution in [3.63, 3.8) is 0 Å². The second kappa shape index (κ2) is 9.42. The Bertz CT molecular complexity index is 680. The van der Waals surface area contributed by atoms with Gasteiger partial charge in [0.15, 0.2) is 5.16 Å². The number of hydrogen-bond donors (Lipinski definition) is 1. The van der Waals surface area contributed by atoms with Gasteiger partial charge in [-0.3, -0.25) is 0 Å². The maximum Gasteiger partial charge on any atom is 0.190 e. The van der Waals surface area contributed by atoms with Crippen LogP contribution in [0.25, 0.3) is 0 Å². The van der Waals surface area contributed by atoms with Gasteiger partial charge in [-0.1, -0.05) is 47.1 Å². The largest absolute Gasteiger partial charge is 0.366 e. The number of nitrogens with one attached hydrogen (secondary N) is 1. The Kier molecular flexibility index (Phi) is 7.56. The van der Waals surface area contributed by atoms with Crippen LogP contribution in [0, 0.1) is 0 Å². The average molecular weight is 386 g/mol. The van der Waals surface area contributed by atoms with Crippen LogP contribution in [0.4, 0.5) is 5.82 Å². The van der Waals surface area contributed by atoms with E-state index in [4.69, 9.17) is 23.2 Å². The van der Waals surface area contributed by atoms with E-state index in [0.29, 0.717) is 16.6 Å². The first-order valence-electron chi connectivity index (χ1n) is 6.90. The highest BCUT2D eigenvalue weighted by Gasteiger charge is 2.07. The summed E-state index contributed by atoms with van der Waals surface area (Å²) in [6, 6.07) is 7.62. The molecular formula is C16H17Cl2N3S2. The summed E-state index contributed by atoms with van der Waals surface area (Å²) in [5, 5.41) is 5.09. The van der Waals surface area contributed by atoms with E-state index < -0.39 is 0 Å². The first kappa shape index (κ1) is 18.5. The number of thioether (sulfide) groups is 2. The van der Waals surface area contributed by atoms with Gasteiger partial charge in [0.25, 0.3) is 0 Å². The van der Waals surface area contributed by atoms with Crippen molar-refractivity contribution in [3.05, 3.63) is 58.2 Å². The Morgan fingerprint density at radius 2 is 2.00 bits per heavy atom. The predicted molar refractivity (Wildman–Crippen MR) is 104 cm³/mol. The smallest absolute Gasteiger partial charge is 0.190 e. The van der Waals surface area contributed by atoms with Gasteiger partial charge in [0.05, 0.1) is 15.7 Å². The zero-order valence-electron chi connectivity index (χ0n) is 12.7. The fourth-order valence-corrected chi connectivity index (χ4v) is 3.39. The van der Waals surface area contributed by atoms with Crippen LogP contribution in [0.5, 0.6) is 0 Å². The molecule has 1 aromatic heterocycles. The Labute approximate surface area is 155 Å². The van der Waals surface area contributed by atoms with Crippen molar-refractivity contribution in [1.82, 2.24) is 9.97 Å². The summed E-state index contributed by atoms with van der Waals surface area (Å²) in [6.45, 7) is 4.38. The standard InChI is InChI=1S/C16H17Cl2N3S2/c1-3-6-19-15-8-12(10-22-2)20-16(21-15)23-9-11-4-5-13(17)14(18)7-11/h3-5,7-8H,1,6,9-10H2,2H3,(H,19,20,21). The van der Waals surface area contributed by atoms with Crippen LogP contribution in [-0.4, -0.2) is 22.8 Å². The van der Waals surface area contributed by atoms with E-state index in [0.717, 1.165) is 33.7 Å². The number of nitrogens with zero attached hydrogens (tertiary/aromatic N) is 2. The topological polar surface area (TPSA) is 37.8 Å². The first-order chi connectivity index (χ1) is 11.1. The SMILES string of the molecule is C=CCNc1cc(CSC)nc(SCc2ccc(Cl)c(Cl)c2)n1. The van der Waals surface area contributed by atoms with E-state index in [-0.39, 0.29) is 0 Å². The Morgan fingerprint density at radius 1 is 1.17 bits per heavy atom. The Balaban J connectivity index is 2.11. The molecule has 0 unspecified atom stereocenters. The summed E-state index contributed by atoms with van der Waals surface area (Å²) in [4.78, 5) is 9.13. The van der Waals surface area contributed by atoms with Gasteiger partial charge in [-0.05, 0) is 24.0 Å². The van der Waals surface area contributed by atoms with Gasteiger partial charge in [0.2, 0.25) is 0 Å². The Hall–Kier alpha value is -0.880. The highest BCUT2D eigenvalue weighted by molar-refractivity contribution is 7.98. The number of aromatic nitrogens is 2. The zero-order valence-corrected chi connectivity index (χ0v) is 15.8. The molecule has 0 aliphatic heterocycles. The normalized spacial score (nSPS) is 10.6. The van der Waals surface area contributed by atoms with Gasteiger partial charge in [0.1, 0.15) is 5.82 Å². The van der Waals surface area contributed by atoms with E-state index >= 15 is 0 Å². The molecule has 0 atom stereocenters. The lowest BCUT2D eigenvalue weighted by Crippen LogP contribution is -2.04. The minimum atomic E-state index is 0.564. The lowest BCUT2D eigenvalue weighted by Gasteiger charge is -2.08. The van der Waals surface area contributed by atoms with Crippen molar-refractivity contribution in [3.8, 4) is 0 Å². The molecular weight excluding hydrogens is 369 g/mol. The van der Waals surface area contributed by atoms with Gasteiger partial charge in [-0.25, -0.2) is 9.97 Å². The Morgan fingerprint density at radius 3 is 2.70 bits per heavy atom. The molecule has 1 N–H and O–H groups in total. The van der Waals surface area contributed by atoms with Crippen LogP contribution in [-0.2, 0) is 11.5 Å². The van der Waals surface area contributed by atoms with E-state index in [1.165, 1.54) is 0 Å². The molecule has 0 amide bonds. The summed E-state index contributed by atoms with van der Waals surface area (Å²) in [5.74, 6) is 2.41. The van der Waals surface area contributed by atoms with Crippen LogP contribution >= 0.6 is 46.7 Å². The highest BCUT2D eigenvalue weighted by Crippen LogP contribution is 2.27. The fourth-order valence-electron chi connectivity index (χ4n) is 1.80. The fraction of sp³-hybridized carbons (Fsp3) is 0.250. The maximum absolute atomic E-state index is 6.05. The molecule has 0 bridgehead atoms. The van der Waals surface area contributed by atoms with Crippen LogP contribution < -0.4 is 5.32 Å². The molecule has 2 aromatic rings. The maximum atomic E-state index is 6.05. The summed E-state index contributed by atoms with van der Waals surface area (Å²) < 4.78 is 0. The molecule has 0 saturated heterocycles. The molecule has 1 aromatic carbocycles. The minimum absolute atomic E-state index is 0.564. The monoisotopic (exact) mass is 385 g/mol. The predicted octanol–water partition coefficient (Wildman–Crippen LogP) is 5.54. The second-order valence-corrected chi connectivity index (χ2v) is 7.29. The number of benzene rings is 1. The van der Waals surface area contributed by atoms with Crippen LogP contribution in [0.15, 0.2) is 42.1 Å². The van der Waals surface area contributed by atoms with Crippen molar-refractivity contribution >= 4 is 52.5 Å². The van der Waals surface area contributed by atoms with Crippen LogP contribution in [0.1, 0.15) is 11.3 Å². The quantitative estimate of drug-likeness (QED) is 0.366. The van der Waals surface area contributed by atoms with Gasteiger partial charge in [0, 0.05) is 24.1 Å². The molecule has 0 aliphatic rings. The molecule has 3 nitrogen and oxygen atoms in total. The molecule has 0 fully saturated rings. The number of halogens is 2. The molecule has 0 spiro atoms. The second-order valence-electron chi connectivity index (χ2n) is 4.67. The lowest BCUT2D eigenvalue weighted by atomic mass is 10.2. The van der Waals surface area contributed by atoms with Crippen LogP contribution in [0.3, 0.4) is 0 Å². The molecule has 0 saturated carbocycles. The number of rotatable bonds is 8. The summed E-state index contributed by atoms with van der Waals surface area (Å²) in [5.41, 5.74) is 2.10. The van der Waals surface area contributed by atoms with Crippen molar-refractivity contribution in [2.24, 2.45) is 0 Å². The molecule has 7 heteroatoms. The van der Waals surface area contributed by atoms with Crippen molar-refractivity contribution in [2.45, 2.75) is 16.7 Å². The minimum Gasteiger partial charge on any atom is -0.366 e. The molecule has 23 heavy (non-hydrogen) atoms. The van der Waals surface area contributed by atoms with E-state index in [9.17, 15) is 0 Å². The highest BCUT2D eigenvalue weighted by atomic mass is 35.5. The van der Waals surface area contributed by atoms with Crippen molar-refractivity contribution in [2.75, 3.05) is 18.1 Å². The van der Waals surface area contributed by atoms with Gasteiger partial charge < -0.3 is 5.32 Å². The van der Waals surface area contributed by atoms with E-state index in [1.807, 2.05) is 24.3 Å². The van der Waals surface area contributed by atoms with E-state index in [2.05, 4.69) is 28.1 Å². The molecule has 0 radical (unpaired) electrons. The zero-order chi connectivity index (χ0) is 16.7. The summed E-state index contributed by atoms with van der Waals surface area (Å²) >= 11 is 15.3. The summed E-state index contributed by atoms with van der Waals surface area (Å²) in [7, 11) is 0. The molecule has 1 heterocycles. The molecule has 0 aliphatic carbocycles. The summed E-state index contributed by atoms with van der Waals surface area (Å²) in [6.07, 6.45) is 3.86. The van der Waals surface area contributed by atoms with Crippen molar-refractivity contribution < 1.29 is 0 Å². The lowest BCUT2D eigenvalue weighted by molar-refractivity contribution is 0.925. The molecule has 122 valence electrons. The van der Waals surface area contributed by atoms with Gasteiger partial charge in [-0.15, -0.1) is 6.58 Å². The first-order valence-corrected chi connectivity index (χ1v) is 10.0. The average Bonchev–Trinajstić information content (AvgIpc) is 2.54. The third-order valence-corrected chi connectivity index (χ3v) is 5.07. The third kappa shape index (κ3) is 5.92. The third-order valence-electron chi connectivity index (χ3n) is 2.83. The number of anilines is 1. The van der Waals surface area contributed by atoms with Crippen molar-refractivity contribution in [1.29, 1.82) is 0 Å².